The molecule has 0 bridgehead atoms. The fourth-order valence-electron chi connectivity index (χ4n) is 2.42. The van der Waals surface area contributed by atoms with Crippen LogP contribution in [0.3, 0.4) is 0 Å². The number of unbranched alkanes of at least 4 members (excludes halogenated alkanes) is 7. The van der Waals surface area contributed by atoms with Crippen molar-refractivity contribution in [2.75, 3.05) is 0 Å². The molecule has 4 N–H and O–H groups in total. The van der Waals surface area contributed by atoms with Crippen molar-refractivity contribution in [3.05, 3.63) is 12.2 Å². The van der Waals surface area contributed by atoms with Crippen molar-refractivity contribution in [1.29, 1.82) is 0 Å². The monoisotopic (exact) mass is 330 g/mol. The molecule has 0 aromatic heterocycles. The largest absolute Gasteiger partial charge is 0.481 e. The summed E-state index contributed by atoms with van der Waals surface area (Å²) in [5.41, 5.74) is 0. The number of aliphatic hydroxyl groups excluding tert-OH is 3. The zero-order chi connectivity index (χ0) is 17.5. The van der Waals surface area contributed by atoms with Crippen LogP contribution in [0.1, 0.15) is 77.6 Å². The van der Waals surface area contributed by atoms with Gasteiger partial charge in [-0.15, -0.1) is 0 Å². The lowest BCUT2D eigenvalue weighted by molar-refractivity contribution is -0.137. The van der Waals surface area contributed by atoms with E-state index in [-0.39, 0.29) is 6.42 Å². The van der Waals surface area contributed by atoms with Gasteiger partial charge in [-0.2, -0.15) is 0 Å². The number of hydrogen-bond acceptors (Lipinski definition) is 4. The quantitative estimate of drug-likeness (QED) is 0.273. The summed E-state index contributed by atoms with van der Waals surface area (Å²) in [5.74, 6) is -0.739. The van der Waals surface area contributed by atoms with Crippen molar-refractivity contribution < 1.29 is 25.2 Å². The summed E-state index contributed by atoms with van der Waals surface area (Å²) in [6.45, 7) is 2.08. The zero-order valence-electron chi connectivity index (χ0n) is 14.4. The predicted molar refractivity (Wildman–Crippen MR) is 91.3 cm³/mol. The van der Waals surface area contributed by atoms with E-state index in [9.17, 15) is 20.1 Å². The average Bonchev–Trinajstić information content (AvgIpc) is 2.52. The van der Waals surface area contributed by atoms with E-state index >= 15 is 0 Å². The van der Waals surface area contributed by atoms with Gasteiger partial charge in [-0.05, 0) is 25.7 Å². The predicted octanol–water partition coefficient (Wildman–Crippen LogP) is 3.02. The summed E-state index contributed by atoms with van der Waals surface area (Å²) in [6.07, 6.45) is 9.54. The molecular weight excluding hydrogens is 296 g/mol. The Bertz CT molecular complexity index is 317. The maximum Gasteiger partial charge on any atom is 0.303 e. The van der Waals surface area contributed by atoms with Crippen LogP contribution in [0.15, 0.2) is 12.2 Å². The lowest BCUT2D eigenvalue weighted by atomic mass is 10.0. The molecule has 0 aromatic carbocycles. The number of hydrogen-bond donors (Lipinski definition) is 4. The molecule has 0 fully saturated rings. The molecular formula is C18H34O5. The van der Waals surface area contributed by atoms with Crippen LogP contribution >= 0.6 is 0 Å². The molecule has 3 unspecified atom stereocenters. The highest BCUT2D eigenvalue weighted by Gasteiger charge is 2.21. The molecule has 0 radical (unpaired) electrons. The number of rotatable bonds is 15. The standard InChI is InChI=1S/C18H34O5/c1-2-3-9-12-15(19)18(23)16(20)13-10-7-5-4-6-8-11-14-17(21)22/h10,13,15-16,18-20,23H,2-9,11-12,14H2,1H3,(H,21,22)/b13-10+. The van der Waals surface area contributed by atoms with Crippen molar-refractivity contribution >= 4 is 5.97 Å². The first kappa shape index (κ1) is 22.1. The SMILES string of the molecule is CCCCCC(O)C(O)C(O)/C=C/CCCCCCCC(=O)O. The van der Waals surface area contributed by atoms with Gasteiger partial charge in [-0.25, -0.2) is 0 Å². The summed E-state index contributed by atoms with van der Waals surface area (Å²) in [7, 11) is 0. The van der Waals surface area contributed by atoms with Crippen molar-refractivity contribution in [3.63, 3.8) is 0 Å². The first-order valence-corrected chi connectivity index (χ1v) is 8.91. The Morgan fingerprint density at radius 2 is 1.61 bits per heavy atom. The zero-order valence-corrected chi connectivity index (χ0v) is 14.4. The van der Waals surface area contributed by atoms with E-state index in [1.165, 1.54) is 0 Å². The van der Waals surface area contributed by atoms with Crippen LogP contribution in [-0.4, -0.2) is 44.7 Å². The van der Waals surface area contributed by atoms with E-state index in [1.54, 1.807) is 6.08 Å². The van der Waals surface area contributed by atoms with Gasteiger partial charge in [0.2, 0.25) is 0 Å². The second-order valence-electron chi connectivity index (χ2n) is 6.17. The first-order chi connectivity index (χ1) is 11.0. The Labute approximate surface area is 140 Å². The van der Waals surface area contributed by atoms with Gasteiger partial charge in [-0.3, -0.25) is 4.79 Å². The Balaban J connectivity index is 3.66. The smallest absolute Gasteiger partial charge is 0.303 e. The maximum atomic E-state index is 10.3. The van der Waals surface area contributed by atoms with E-state index in [4.69, 9.17) is 5.11 Å². The van der Waals surface area contributed by atoms with Gasteiger partial charge >= 0.3 is 5.97 Å². The highest BCUT2D eigenvalue weighted by Crippen LogP contribution is 2.12. The summed E-state index contributed by atoms with van der Waals surface area (Å²) in [4.78, 5) is 10.3. The lowest BCUT2D eigenvalue weighted by Crippen LogP contribution is -2.36. The number of allylic oxidation sites excluding steroid dienone is 1. The van der Waals surface area contributed by atoms with Gasteiger partial charge in [0.1, 0.15) is 12.2 Å². The highest BCUT2D eigenvalue weighted by molar-refractivity contribution is 5.66. The summed E-state index contributed by atoms with van der Waals surface area (Å²) < 4.78 is 0. The molecule has 0 aromatic rings. The Morgan fingerprint density at radius 1 is 0.957 bits per heavy atom. The average molecular weight is 330 g/mol. The Kier molecular flexibility index (Phi) is 14.1. The fraction of sp³-hybridized carbons (Fsp3) is 0.833. The van der Waals surface area contributed by atoms with Crippen LogP contribution < -0.4 is 0 Å². The maximum absolute atomic E-state index is 10.3. The molecule has 136 valence electrons. The van der Waals surface area contributed by atoms with Crippen molar-refractivity contribution in [3.8, 4) is 0 Å². The van der Waals surface area contributed by atoms with E-state index in [0.717, 1.165) is 57.8 Å². The number of carbonyl (C=O) groups is 1. The molecule has 0 aliphatic heterocycles. The molecule has 23 heavy (non-hydrogen) atoms. The second-order valence-corrected chi connectivity index (χ2v) is 6.17. The first-order valence-electron chi connectivity index (χ1n) is 8.91. The third kappa shape index (κ3) is 13.2. The van der Waals surface area contributed by atoms with Crippen LogP contribution in [0.25, 0.3) is 0 Å². The van der Waals surface area contributed by atoms with Crippen molar-refractivity contribution in [2.45, 2.75) is 95.9 Å². The summed E-state index contributed by atoms with van der Waals surface area (Å²) in [6, 6.07) is 0. The topological polar surface area (TPSA) is 98.0 Å². The molecule has 5 heteroatoms. The number of aliphatic hydroxyl groups is 3. The molecule has 0 saturated carbocycles. The van der Waals surface area contributed by atoms with Gasteiger partial charge in [-0.1, -0.05) is 57.6 Å². The van der Waals surface area contributed by atoms with Crippen LogP contribution in [0.4, 0.5) is 0 Å². The van der Waals surface area contributed by atoms with Crippen LogP contribution in [0.5, 0.6) is 0 Å². The van der Waals surface area contributed by atoms with Crippen molar-refractivity contribution in [1.82, 2.24) is 0 Å². The fourth-order valence-corrected chi connectivity index (χ4v) is 2.42. The van der Waals surface area contributed by atoms with Gasteiger partial charge < -0.3 is 20.4 Å². The van der Waals surface area contributed by atoms with E-state index in [2.05, 4.69) is 6.92 Å². The number of aliphatic carboxylic acids is 1. The lowest BCUT2D eigenvalue weighted by Gasteiger charge is -2.20. The molecule has 0 rings (SSSR count). The van der Waals surface area contributed by atoms with Crippen LogP contribution in [0.2, 0.25) is 0 Å². The molecule has 0 aliphatic rings. The van der Waals surface area contributed by atoms with E-state index in [1.807, 2.05) is 6.08 Å². The van der Waals surface area contributed by atoms with Crippen LogP contribution in [-0.2, 0) is 4.79 Å². The highest BCUT2D eigenvalue weighted by atomic mass is 16.4. The molecule has 0 heterocycles. The second kappa shape index (κ2) is 14.7. The molecule has 0 saturated heterocycles. The van der Waals surface area contributed by atoms with E-state index in [0.29, 0.717) is 6.42 Å². The van der Waals surface area contributed by atoms with Gasteiger partial charge in [0.25, 0.3) is 0 Å². The van der Waals surface area contributed by atoms with E-state index < -0.39 is 24.3 Å². The third-order valence-corrected chi connectivity index (χ3v) is 3.94. The minimum atomic E-state index is -1.13. The minimum absolute atomic E-state index is 0.241. The van der Waals surface area contributed by atoms with Gasteiger partial charge in [0.05, 0.1) is 6.10 Å². The Hall–Kier alpha value is -0.910. The normalized spacial score (nSPS) is 15.7. The number of carboxylic acid groups (broad SMARTS) is 1. The number of carboxylic acids is 1. The summed E-state index contributed by atoms with van der Waals surface area (Å²) in [5, 5.41) is 38.0. The Morgan fingerprint density at radius 3 is 2.26 bits per heavy atom. The molecule has 5 nitrogen and oxygen atoms in total. The minimum Gasteiger partial charge on any atom is -0.481 e. The van der Waals surface area contributed by atoms with Crippen molar-refractivity contribution in [2.24, 2.45) is 0 Å². The molecule has 0 amide bonds. The van der Waals surface area contributed by atoms with Gasteiger partial charge in [0, 0.05) is 6.42 Å². The summed E-state index contributed by atoms with van der Waals surface area (Å²) >= 11 is 0. The molecule has 3 atom stereocenters. The van der Waals surface area contributed by atoms with Crippen LogP contribution in [0, 0.1) is 0 Å². The molecule has 0 aliphatic carbocycles. The third-order valence-electron chi connectivity index (χ3n) is 3.94. The van der Waals surface area contributed by atoms with Gasteiger partial charge in [0.15, 0.2) is 0 Å². The molecule has 0 spiro atoms.